The van der Waals surface area contributed by atoms with Gasteiger partial charge in [0.05, 0.1) is 6.10 Å². The standard InChI is InChI=1S/C14H27NO/c1-12-4-2-3-5-14(12)16-11-8-13-6-9-15-10-7-13/h12-15H,2-11H2,1H3. The Kier molecular flexibility index (Phi) is 5.11. The molecule has 2 atom stereocenters. The van der Waals surface area contributed by atoms with Crippen LogP contribution >= 0.6 is 0 Å². The van der Waals surface area contributed by atoms with Crippen molar-refractivity contribution in [3.63, 3.8) is 0 Å². The van der Waals surface area contributed by atoms with E-state index >= 15 is 0 Å². The van der Waals surface area contributed by atoms with Crippen LogP contribution in [0.2, 0.25) is 0 Å². The van der Waals surface area contributed by atoms with Crippen molar-refractivity contribution in [3.05, 3.63) is 0 Å². The van der Waals surface area contributed by atoms with Gasteiger partial charge >= 0.3 is 0 Å². The third kappa shape index (κ3) is 3.74. The van der Waals surface area contributed by atoms with E-state index in [4.69, 9.17) is 4.74 Å². The van der Waals surface area contributed by atoms with Crippen molar-refractivity contribution in [2.24, 2.45) is 11.8 Å². The average Bonchev–Trinajstić information content (AvgIpc) is 2.33. The minimum absolute atomic E-state index is 0.565. The van der Waals surface area contributed by atoms with Crippen molar-refractivity contribution in [1.82, 2.24) is 5.32 Å². The Balaban J connectivity index is 1.59. The average molecular weight is 225 g/mol. The molecular formula is C14H27NO. The minimum atomic E-state index is 0.565. The predicted molar refractivity (Wildman–Crippen MR) is 67.6 cm³/mol. The summed E-state index contributed by atoms with van der Waals surface area (Å²) in [6, 6.07) is 0. The van der Waals surface area contributed by atoms with Crippen LogP contribution < -0.4 is 5.32 Å². The topological polar surface area (TPSA) is 21.3 Å². The second-order valence-electron chi connectivity index (χ2n) is 5.65. The molecule has 1 heterocycles. The first kappa shape index (κ1) is 12.4. The summed E-state index contributed by atoms with van der Waals surface area (Å²) < 4.78 is 6.08. The maximum Gasteiger partial charge on any atom is 0.0600 e. The Morgan fingerprint density at radius 1 is 1.06 bits per heavy atom. The highest BCUT2D eigenvalue weighted by atomic mass is 16.5. The largest absolute Gasteiger partial charge is 0.378 e. The first-order valence-corrected chi connectivity index (χ1v) is 7.18. The maximum atomic E-state index is 6.08. The summed E-state index contributed by atoms with van der Waals surface area (Å²) in [4.78, 5) is 0. The zero-order valence-electron chi connectivity index (χ0n) is 10.7. The molecular weight excluding hydrogens is 198 g/mol. The zero-order valence-corrected chi connectivity index (χ0v) is 10.7. The Morgan fingerprint density at radius 2 is 1.81 bits per heavy atom. The van der Waals surface area contributed by atoms with Crippen LogP contribution in [-0.4, -0.2) is 25.8 Å². The Morgan fingerprint density at radius 3 is 2.56 bits per heavy atom. The van der Waals surface area contributed by atoms with Crippen LogP contribution in [0.5, 0.6) is 0 Å². The van der Waals surface area contributed by atoms with Crippen molar-refractivity contribution in [2.75, 3.05) is 19.7 Å². The van der Waals surface area contributed by atoms with Crippen LogP contribution in [-0.2, 0) is 4.74 Å². The van der Waals surface area contributed by atoms with Gasteiger partial charge < -0.3 is 10.1 Å². The summed E-state index contributed by atoms with van der Waals surface area (Å²) in [5.41, 5.74) is 0. The van der Waals surface area contributed by atoms with E-state index in [0.29, 0.717) is 6.10 Å². The van der Waals surface area contributed by atoms with Crippen LogP contribution in [0, 0.1) is 11.8 Å². The van der Waals surface area contributed by atoms with Crippen molar-refractivity contribution in [1.29, 1.82) is 0 Å². The van der Waals surface area contributed by atoms with Gasteiger partial charge in [-0.05, 0) is 57.0 Å². The number of ether oxygens (including phenoxy) is 1. The van der Waals surface area contributed by atoms with Gasteiger partial charge in [0.2, 0.25) is 0 Å². The van der Waals surface area contributed by atoms with Crippen LogP contribution in [0.15, 0.2) is 0 Å². The molecule has 1 aliphatic heterocycles. The molecule has 1 N–H and O–H groups in total. The summed E-state index contributed by atoms with van der Waals surface area (Å²) in [7, 11) is 0. The van der Waals surface area contributed by atoms with Crippen LogP contribution in [0.4, 0.5) is 0 Å². The molecule has 1 saturated carbocycles. The van der Waals surface area contributed by atoms with Gasteiger partial charge in [-0.1, -0.05) is 19.8 Å². The number of piperidine rings is 1. The van der Waals surface area contributed by atoms with Gasteiger partial charge in [0.1, 0.15) is 0 Å². The van der Waals surface area contributed by atoms with Gasteiger partial charge in [-0.3, -0.25) is 0 Å². The molecule has 16 heavy (non-hydrogen) atoms. The lowest BCUT2D eigenvalue weighted by Crippen LogP contribution is -2.30. The van der Waals surface area contributed by atoms with E-state index in [9.17, 15) is 0 Å². The molecule has 94 valence electrons. The molecule has 0 aromatic carbocycles. The molecule has 0 aromatic rings. The Labute approximate surface area is 100 Å². The fourth-order valence-electron chi connectivity index (χ4n) is 3.09. The fraction of sp³-hybridized carbons (Fsp3) is 1.00. The second kappa shape index (κ2) is 6.61. The lowest BCUT2D eigenvalue weighted by Gasteiger charge is -2.30. The molecule has 0 bridgehead atoms. The highest BCUT2D eigenvalue weighted by Gasteiger charge is 2.22. The van der Waals surface area contributed by atoms with E-state index in [1.165, 1.54) is 58.0 Å². The number of nitrogens with one attached hydrogen (secondary N) is 1. The molecule has 2 nitrogen and oxygen atoms in total. The fourth-order valence-corrected chi connectivity index (χ4v) is 3.09. The Bertz CT molecular complexity index is 189. The molecule has 2 aliphatic rings. The summed E-state index contributed by atoms with van der Waals surface area (Å²) in [6.07, 6.45) is 10.0. The molecule has 0 aromatic heterocycles. The zero-order chi connectivity index (χ0) is 11.2. The number of hydrogen-bond donors (Lipinski definition) is 1. The molecule has 0 radical (unpaired) electrons. The van der Waals surface area contributed by atoms with E-state index < -0.39 is 0 Å². The highest BCUT2D eigenvalue weighted by Crippen LogP contribution is 2.27. The third-order valence-electron chi connectivity index (χ3n) is 4.35. The maximum absolute atomic E-state index is 6.08. The van der Waals surface area contributed by atoms with Crippen LogP contribution in [0.1, 0.15) is 51.9 Å². The predicted octanol–water partition coefficient (Wildman–Crippen LogP) is 2.97. The minimum Gasteiger partial charge on any atom is -0.378 e. The summed E-state index contributed by atoms with van der Waals surface area (Å²) >= 11 is 0. The van der Waals surface area contributed by atoms with Gasteiger partial charge in [-0.2, -0.15) is 0 Å². The highest BCUT2D eigenvalue weighted by molar-refractivity contribution is 4.73. The summed E-state index contributed by atoms with van der Waals surface area (Å²) in [6.45, 7) is 5.78. The first-order valence-electron chi connectivity index (χ1n) is 7.18. The quantitative estimate of drug-likeness (QED) is 0.794. The van der Waals surface area contributed by atoms with E-state index in [0.717, 1.165) is 18.4 Å². The normalized spacial score (nSPS) is 32.8. The van der Waals surface area contributed by atoms with Crippen LogP contribution in [0.25, 0.3) is 0 Å². The first-order chi connectivity index (χ1) is 7.86. The lowest BCUT2D eigenvalue weighted by atomic mass is 9.88. The van der Waals surface area contributed by atoms with Gasteiger partial charge in [-0.15, -0.1) is 0 Å². The molecule has 1 saturated heterocycles. The second-order valence-corrected chi connectivity index (χ2v) is 5.65. The van der Waals surface area contributed by atoms with Crippen LogP contribution in [0.3, 0.4) is 0 Å². The summed E-state index contributed by atoms with van der Waals surface area (Å²) in [5, 5.41) is 3.42. The van der Waals surface area contributed by atoms with Gasteiger partial charge in [0.15, 0.2) is 0 Å². The van der Waals surface area contributed by atoms with Gasteiger partial charge in [-0.25, -0.2) is 0 Å². The van der Waals surface area contributed by atoms with Crippen molar-refractivity contribution in [3.8, 4) is 0 Å². The van der Waals surface area contributed by atoms with Gasteiger partial charge in [0.25, 0.3) is 0 Å². The van der Waals surface area contributed by atoms with Crippen molar-refractivity contribution >= 4 is 0 Å². The van der Waals surface area contributed by atoms with Crippen molar-refractivity contribution < 1.29 is 4.74 Å². The smallest absolute Gasteiger partial charge is 0.0600 e. The molecule has 2 fully saturated rings. The summed E-state index contributed by atoms with van der Waals surface area (Å²) in [5.74, 6) is 1.71. The SMILES string of the molecule is CC1CCCCC1OCCC1CCNCC1. The number of rotatable bonds is 4. The molecule has 2 heteroatoms. The molecule has 2 unspecified atom stereocenters. The van der Waals surface area contributed by atoms with E-state index in [-0.39, 0.29) is 0 Å². The molecule has 0 spiro atoms. The van der Waals surface area contributed by atoms with Gasteiger partial charge in [0, 0.05) is 6.61 Å². The van der Waals surface area contributed by atoms with Crippen molar-refractivity contribution in [2.45, 2.75) is 58.0 Å². The van der Waals surface area contributed by atoms with E-state index in [1.54, 1.807) is 0 Å². The van der Waals surface area contributed by atoms with E-state index in [1.807, 2.05) is 0 Å². The molecule has 1 aliphatic carbocycles. The molecule has 0 amide bonds. The van der Waals surface area contributed by atoms with E-state index in [2.05, 4.69) is 12.2 Å². The monoisotopic (exact) mass is 225 g/mol. The number of hydrogen-bond acceptors (Lipinski definition) is 2. The lowest BCUT2D eigenvalue weighted by molar-refractivity contribution is -0.0116. The Hall–Kier alpha value is -0.0800. The molecule has 2 rings (SSSR count). The third-order valence-corrected chi connectivity index (χ3v) is 4.35.